The lowest BCUT2D eigenvalue weighted by Crippen LogP contribution is -1.94. The second-order valence-electron chi connectivity index (χ2n) is 1.29. The molecule has 1 aromatic heterocycles. The second kappa shape index (κ2) is 3.90. The summed E-state index contributed by atoms with van der Waals surface area (Å²) < 4.78 is 0.597. The van der Waals surface area contributed by atoms with Crippen LogP contribution in [-0.4, -0.2) is 16.1 Å². The highest BCUT2D eigenvalue weighted by atomic mass is 79.9. The van der Waals surface area contributed by atoms with Gasteiger partial charge in [0.2, 0.25) is 0 Å². The predicted octanol–water partition coefficient (Wildman–Crippen LogP) is 2.03. The second-order valence-corrected chi connectivity index (χ2v) is 3.42. The summed E-state index contributed by atoms with van der Waals surface area (Å²) in [4.78, 5) is 13.8. The fourth-order valence-corrected chi connectivity index (χ4v) is 1.33. The highest BCUT2D eigenvalue weighted by molar-refractivity contribution is 9.11. The Labute approximate surface area is 75.6 Å². The molecule has 0 bridgehead atoms. The zero-order valence-electron chi connectivity index (χ0n) is 4.57. The smallest absolute Gasteiger partial charge is 0.355 e. The summed E-state index contributed by atoms with van der Waals surface area (Å²) in [7, 11) is 0. The number of nitrogens with zero attached hydrogens (tertiary/aromatic N) is 1. The topological polar surface area (TPSA) is 50.2 Å². The minimum absolute atomic E-state index is 0. The van der Waals surface area contributed by atoms with Gasteiger partial charge in [-0.1, -0.05) is 0 Å². The van der Waals surface area contributed by atoms with Crippen LogP contribution in [0.15, 0.2) is 9.30 Å². The molecule has 0 aliphatic heterocycles. The number of hydrogen-bond donors (Lipinski definition) is 1. The van der Waals surface area contributed by atoms with Crippen LogP contribution in [0.1, 0.15) is 10.5 Å². The first-order chi connectivity index (χ1) is 4.20. The molecular weight excluding hydrogens is 241 g/mol. The molecule has 3 nitrogen and oxygen atoms in total. The minimum atomic E-state index is -0.989. The van der Waals surface area contributed by atoms with Gasteiger partial charge in [0.1, 0.15) is 0 Å². The molecule has 10 heavy (non-hydrogen) atoms. The molecule has 0 aliphatic carbocycles. The van der Waals surface area contributed by atoms with Gasteiger partial charge in [-0.15, -0.1) is 23.7 Å². The number of halogens is 2. The van der Waals surface area contributed by atoms with E-state index in [1.165, 1.54) is 16.7 Å². The van der Waals surface area contributed by atoms with Crippen molar-refractivity contribution in [3.05, 3.63) is 15.0 Å². The van der Waals surface area contributed by atoms with Crippen molar-refractivity contribution in [2.24, 2.45) is 0 Å². The highest BCUT2D eigenvalue weighted by Gasteiger charge is 2.05. The third-order valence-corrected chi connectivity index (χ3v) is 2.06. The number of aromatic carboxylic acids is 1. The van der Waals surface area contributed by atoms with Crippen LogP contribution in [-0.2, 0) is 0 Å². The molecule has 1 rings (SSSR count). The molecule has 0 saturated heterocycles. The predicted molar refractivity (Wildman–Crippen MR) is 44.0 cm³/mol. The van der Waals surface area contributed by atoms with Crippen molar-refractivity contribution in [3.8, 4) is 0 Å². The van der Waals surface area contributed by atoms with Gasteiger partial charge in [0, 0.05) is 5.38 Å². The molecule has 0 aromatic carbocycles. The van der Waals surface area contributed by atoms with E-state index in [0.29, 0.717) is 3.92 Å². The molecule has 1 N–H and O–H groups in total. The van der Waals surface area contributed by atoms with Crippen LogP contribution in [0.3, 0.4) is 0 Å². The molecule has 0 aliphatic rings. The van der Waals surface area contributed by atoms with Gasteiger partial charge in [-0.2, -0.15) is 0 Å². The van der Waals surface area contributed by atoms with Crippen LogP contribution in [0.5, 0.6) is 0 Å². The molecule has 1 aromatic rings. The zero-order chi connectivity index (χ0) is 6.85. The van der Waals surface area contributed by atoms with Crippen molar-refractivity contribution in [2.75, 3.05) is 0 Å². The Bertz CT molecular complexity index is 239. The Morgan fingerprint density at radius 2 is 2.40 bits per heavy atom. The van der Waals surface area contributed by atoms with Gasteiger partial charge in [0.25, 0.3) is 0 Å². The third kappa shape index (κ3) is 2.24. The van der Waals surface area contributed by atoms with Crippen molar-refractivity contribution in [1.82, 2.24) is 4.98 Å². The Kier molecular flexibility index (Phi) is 3.85. The van der Waals surface area contributed by atoms with E-state index >= 15 is 0 Å². The molecule has 0 saturated carbocycles. The summed E-state index contributed by atoms with van der Waals surface area (Å²) in [6.07, 6.45) is 0. The van der Waals surface area contributed by atoms with E-state index in [0.717, 1.165) is 0 Å². The average Bonchev–Trinajstić information content (AvgIpc) is 2.14. The van der Waals surface area contributed by atoms with Crippen molar-refractivity contribution >= 4 is 45.6 Å². The van der Waals surface area contributed by atoms with Gasteiger partial charge in [-0.25, -0.2) is 9.78 Å². The quantitative estimate of drug-likeness (QED) is 0.822. The van der Waals surface area contributed by atoms with Gasteiger partial charge in [-0.05, 0) is 15.9 Å². The SMILES string of the molecule is Cl.O=C(O)c1csc(Br)n1. The maximum atomic E-state index is 10.1. The van der Waals surface area contributed by atoms with Gasteiger partial charge in [0.15, 0.2) is 9.61 Å². The Morgan fingerprint density at radius 3 is 2.60 bits per heavy atom. The van der Waals surface area contributed by atoms with E-state index in [4.69, 9.17) is 5.11 Å². The Morgan fingerprint density at radius 1 is 1.80 bits per heavy atom. The molecule has 0 radical (unpaired) electrons. The molecule has 0 fully saturated rings. The van der Waals surface area contributed by atoms with Crippen LogP contribution >= 0.6 is 39.7 Å². The van der Waals surface area contributed by atoms with E-state index in [-0.39, 0.29) is 18.1 Å². The lowest BCUT2D eigenvalue weighted by Gasteiger charge is -1.78. The third-order valence-electron chi connectivity index (χ3n) is 0.695. The summed E-state index contributed by atoms with van der Waals surface area (Å²) in [6, 6.07) is 0. The molecule has 0 spiro atoms. The number of carbonyl (C=O) groups is 1. The van der Waals surface area contributed by atoms with Crippen LogP contribution in [0.25, 0.3) is 0 Å². The summed E-state index contributed by atoms with van der Waals surface area (Å²) in [5.41, 5.74) is 0.0897. The Hall–Kier alpha value is -0.130. The van der Waals surface area contributed by atoms with E-state index in [9.17, 15) is 4.79 Å². The molecule has 0 amide bonds. The molecule has 1 heterocycles. The van der Waals surface area contributed by atoms with Crippen LogP contribution < -0.4 is 0 Å². The summed E-state index contributed by atoms with van der Waals surface area (Å²) >= 11 is 4.30. The van der Waals surface area contributed by atoms with Gasteiger partial charge in [0.05, 0.1) is 0 Å². The number of rotatable bonds is 1. The number of aromatic nitrogens is 1. The van der Waals surface area contributed by atoms with Crippen LogP contribution in [0.4, 0.5) is 0 Å². The van der Waals surface area contributed by atoms with Crippen molar-refractivity contribution in [2.45, 2.75) is 0 Å². The monoisotopic (exact) mass is 243 g/mol. The standard InChI is InChI=1S/C4H2BrNO2S.ClH/c5-4-6-2(1-9-4)3(7)8;/h1H,(H,7,8);1H. The van der Waals surface area contributed by atoms with Crippen LogP contribution in [0.2, 0.25) is 0 Å². The summed E-state index contributed by atoms with van der Waals surface area (Å²) in [5.74, 6) is -0.989. The lowest BCUT2D eigenvalue weighted by atomic mass is 10.5. The lowest BCUT2D eigenvalue weighted by molar-refractivity contribution is 0.0691. The highest BCUT2D eigenvalue weighted by Crippen LogP contribution is 2.15. The number of carboxylic acids is 1. The largest absolute Gasteiger partial charge is 0.476 e. The van der Waals surface area contributed by atoms with Gasteiger partial charge < -0.3 is 5.11 Å². The van der Waals surface area contributed by atoms with Crippen molar-refractivity contribution < 1.29 is 9.90 Å². The first kappa shape index (κ1) is 9.87. The first-order valence-electron chi connectivity index (χ1n) is 2.04. The van der Waals surface area contributed by atoms with E-state index in [2.05, 4.69) is 20.9 Å². The van der Waals surface area contributed by atoms with E-state index in [1.54, 1.807) is 0 Å². The Balaban J connectivity index is 0.000000810. The van der Waals surface area contributed by atoms with E-state index in [1.807, 2.05) is 0 Å². The molecule has 6 heteroatoms. The number of carboxylic acid groups (broad SMARTS) is 1. The molecule has 0 atom stereocenters. The van der Waals surface area contributed by atoms with Gasteiger partial charge >= 0.3 is 5.97 Å². The normalized spacial score (nSPS) is 8.50. The average molecular weight is 244 g/mol. The summed E-state index contributed by atoms with van der Waals surface area (Å²) in [6.45, 7) is 0. The van der Waals surface area contributed by atoms with Crippen LogP contribution in [0, 0.1) is 0 Å². The van der Waals surface area contributed by atoms with Gasteiger partial charge in [-0.3, -0.25) is 0 Å². The maximum absolute atomic E-state index is 10.1. The first-order valence-corrected chi connectivity index (χ1v) is 3.72. The fraction of sp³-hybridized carbons (Fsp3) is 0. The van der Waals surface area contributed by atoms with Crippen molar-refractivity contribution in [3.63, 3.8) is 0 Å². The molecule has 56 valence electrons. The molecular formula is C4H3BrClNO2S. The molecule has 0 unspecified atom stereocenters. The fourth-order valence-electron chi connectivity index (χ4n) is 0.350. The number of thiazole rings is 1. The number of hydrogen-bond acceptors (Lipinski definition) is 3. The summed E-state index contributed by atoms with van der Waals surface area (Å²) in [5, 5.41) is 9.80. The zero-order valence-corrected chi connectivity index (χ0v) is 7.79. The maximum Gasteiger partial charge on any atom is 0.355 e. The minimum Gasteiger partial charge on any atom is -0.476 e. The van der Waals surface area contributed by atoms with E-state index < -0.39 is 5.97 Å². The van der Waals surface area contributed by atoms with Crippen molar-refractivity contribution in [1.29, 1.82) is 0 Å².